The van der Waals surface area contributed by atoms with Gasteiger partial charge in [0.15, 0.2) is 0 Å². The molecule has 0 bridgehead atoms. The fourth-order valence-corrected chi connectivity index (χ4v) is 5.22. The van der Waals surface area contributed by atoms with Crippen LogP contribution in [0.4, 0.5) is 4.39 Å². The van der Waals surface area contributed by atoms with Gasteiger partial charge in [-0.2, -0.15) is 0 Å². The lowest BCUT2D eigenvalue weighted by Gasteiger charge is -2.30. The summed E-state index contributed by atoms with van der Waals surface area (Å²) in [6, 6.07) is 15.1. The van der Waals surface area contributed by atoms with Crippen LogP contribution in [0.25, 0.3) is 0 Å². The van der Waals surface area contributed by atoms with Crippen molar-refractivity contribution in [2.75, 3.05) is 19.3 Å². The van der Waals surface area contributed by atoms with Crippen LogP contribution < -0.4 is 5.32 Å². The zero-order chi connectivity index (χ0) is 21.8. The van der Waals surface area contributed by atoms with Gasteiger partial charge in [0.25, 0.3) is 0 Å². The van der Waals surface area contributed by atoms with Gasteiger partial charge in [0.1, 0.15) is 5.82 Å². The van der Waals surface area contributed by atoms with Crippen LogP contribution in [-0.4, -0.2) is 41.6 Å². The molecule has 2 aliphatic heterocycles. The molecule has 4 nitrogen and oxygen atoms in total. The predicted molar refractivity (Wildman–Crippen MR) is 122 cm³/mol. The Labute approximate surface area is 187 Å². The van der Waals surface area contributed by atoms with Gasteiger partial charge >= 0.3 is 0 Å². The lowest BCUT2D eigenvalue weighted by Crippen LogP contribution is -2.44. The summed E-state index contributed by atoms with van der Waals surface area (Å²) in [6.07, 6.45) is 6.08. The molecular weight excluding hydrogens is 411 g/mol. The summed E-state index contributed by atoms with van der Waals surface area (Å²) in [7, 11) is 0. The third-order valence-electron chi connectivity index (χ3n) is 6.64. The number of benzene rings is 2. The van der Waals surface area contributed by atoms with E-state index in [0.29, 0.717) is 25.8 Å². The van der Waals surface area contributed by atoms with Crippen LogP contribution in [0.5, 0.6) is 0 Å². The molecule has 2 aliphatic rings. The largest absolute Gasteiger partial charge is 0.350 e. The quantitative estimate of drug-likeness (QED) is 0.644. The van der Waals surface area contributed by atoms with Crippen molar-refractivity contribution in [1.82, 2.24) is 10.2 Å². The van der Waals surface area contributed by atoms with E-state index in [4.69, 9.17) is 0 Å². The van der Waals surface area contributed by atoms with Gasteiger partial charge in [0.2, 0.25) is 11.8 Å². The summed E-state index contributed by atoms with van der Waals surface area (Å²) in [5.41, 5.74) is 1.93. The summed E-state index contributed by atoms with van der Waals surface area (Å²) in [5, 5.41) is 3.18. The van der Waals surface area contributed by atoms with E-state index in [2.05, 4.69) is 35.8 Å². The number of hydrogen-bond donors (Lipinski definition) is 1. The zero-order valence-corrected chi connectivity index (χ0v) is 18.7. The maximum absolute atomic E-state index is 13.2. The Balaban J connectivity index is 1.36. The molecule has 2 saturated heterocycles. The van der Waals surface area contributed by atoms with E-state index < -0.39 is 0 Å². The number of nitrogens with one attached hydrogen (secondary N) is 1. The smallest absolute Gasteiger partial charge is 0.222 e. The molecular formula is C25H29FN2O2S. The monoisotopic (exact) mass is 440 g/mol. The van der Waals surface area contributed by atoms with E-state index >= 15 is 0 Å². The minimum Gasteiger partial charge on any atom is -0.350 e. The van der Waals surface area contributed by atoms with Crippen molar-refractivity contribution in [3.63, 3.8) is 0 Å². The predicted octanol–water partition coefficient (Wildman–Crippen LogP) is 4.54. The van der Waals surface area contributed by atoms with Gasteiger partial charge in [-0.3, -0.25) is 9.59 Å². The maximum Gasteiger partial charge on any atom is 0.222 e. The normalized spacial score (nSPS) is 23.2. The molecule has 0 unspecified atom stereocenters. The molecule has 6 heteroatoms. The average Bonchev–Trinajstić information content (AvgIpc) is 3.41. The molecule has 2 aromatic carbocycles. The Hall–Kier alpha value is -2.34. The highest BCUT2D eigenvalue weighted by Gasteiger charge is 2.38. The van der Waals surface area contributed by atoms with E-state index in [0.717, 1.165) is 31.4 Å². The number of amides is 2. The molecule has 0 aliphatic carbocycles. The van der Waals surface area contributed by atoms with Crippen LogP contribution in [0.3, 0.4) is 0 Å². The summed E-state index contributed by atoms with van der Waals surface area (Å²) < 4.78 is 13.2. The molecule has 31 heavy (non-hydrogen) atoms. The van der Waals surface area contributed by atoms with Gasteiger partial charge in [0.05, 0.1) is 0 Å². The highest BCUT2D eigenvalue weighted by Crippen LogP contribution is 2.32. The summed E-state index contributed by atoms with van der Waals surface area (Å²) >= 11 is 1.71. The van der Waals surface area contributed by atoms with Crippen LogP contribution >= 0.6 is 11.8 Å². The van der Waals surface area contributed by atoms with Crippen LogP contribution in [0.2, 0.25) is 0 Å². The van der Waals surface area contributed by atoms with Crippen molar-refractivity contribution in [3.05, 3.63) is 65.5 Å². The second-order valence-corrected chi connectivity index (χ2v) is 9.61. The number of halogens is 1. The van der Waals surface area contributed by atoms with Crippen LogP contribution in [0.1, 0.15) is 49.1 Å². The van der Waals surface area contributed by atoms with Crippen molar-refractivity contribution in [2.45, 2.75) is 54.9 Å². The van der Waals surface area contributed by atoms with Gasteiger partial charge in [-0.25, -0.2) is 4.39 Å². The zero-order valence-electron chi connectivity index (χ0n) is 17.9. The summed E-state index contributed by atoms with van der Waals surface area (Å²) in [5.74, 6) is 0.245. The Kier molecular flexibility index (Phi) is 6.65. The molecule has 2 atom stereocenters. The Morgan fingerprint density at radius 2 is 1.94 bits per heavy atom. The van der Waals surface area contributed by atoms with Gasteiger partial charge in [-0.15, -0.1) is 11.8 Å². The Morgan fingerprint density at radius 1 is 1.19 bits per heavy atom. The maximum atomic E-state index is 13.2. The Bertz CT molecular complexity index is 932. The number of likely N-dealkylation sites (tertiary alicyclic amines) is 1. The molecule has 0 radical (unpaired) electrons. The first kappa shape index (κ1) is 21.9. The van der Waals surface area contributed by atoms with E-state index in [1.807, 2.05) is 17.0 Å². The van der Waals surface area contributed by atoms with Gasteiger partial charge in [0, 0.05) is 42.3 Å². The number of hydrogen-bond acceptors (Lipinski definition) is 3. The standard InChI is InChI=1S/C25H29FN2O2S/c1-31-22-8-2-18(3-9-22)16-25(13-10-23(29)27-25)14-11-24(30)28-15-12-20(17-28)19-4-6-21(26)7-5-19/h2-9,20H,10-17H2,1H3,(H,27,29)/t20-,25-/m0/s1. The Morgan fingerprint density at radius 3 is 2.58 bits per heavy atom. The third-order valence-corrected chi connectivity index (χ3v) is 7.38. The molecule has 0 aromatic heterocycles. The van der Waals surface area contributed by atoms with E-state index in [1.165, 1.54) is 22.6 Å². The summed E-state index contributed by atoms with van der Waals surface area (Å²) in [6.45, 7) is 1.41. The summed E-state index contributed by atoms with van der Waals surface area (Å²) in [4.78, 5) is 28.1. The van der Waals surface area contributed by atoms with E-state index in [1.54, 1.807) is 11.8 Å². The average molecular weight is 441 g/mol. The molecule has 2 fully saturated rings. The van der Waals surface area contributed by atoms with Gasteiger partial charge < -0.3 is 10.2 Å². The molecule has 0 saturated carbocycles. The molecule has 2 aromatic rings. The molecule has 2 amide bonds. The van der Waals surface area contributed by atoms with Gasteiger partial charge in [-0.05, 0) is 67.3 Å². The SMILES string of the molecule is CSc1ccc(C[C@@]2(CCC(=O)N3CC[C@H](c4ccc(F)cc4)C3)CCC(=O)N2)cc1. The minimum absolute atomic E-state index is 0.0747. The van der Waals surface area contributed by atoms with E-state index in [-0.39, 0.29) is 29.1 Å². The minimum atomic E-state index is -0.344. The number of nitrogens with zero attached hydrogens (tertiary/aromatic N) is 1. The van der Waals surface area contributed by atoms with Crippen molar-refractivity contribution in [2.24, 2.45) is 0 Å². The first-order chi connectivity index (χ1) is 15.0. The van der Waals surface area contributed by atoms with E-state index in [9.17, 15) is 14.0 Å². The van der Waals surface area contributed by atoms with Crippen molar-refractivity contribution < 1.29 is 14.0 Å². The molecule has 1 N–H and O–H groups in total. The lowest BCUT2D eigenvalue weighted by molar-refractivity contribution is -0.131. The molecule has 2 heterocycles. The van der Waals surface area contributed by atoms with Crippen LogP contribution in [0.15, 0.2) is 53.4 Å². The molecule has 0 spiro atoms. The van der Waals surface area contributed by atoms with Gasteiger partial charge in [-0.1, -0.05) is 24.3 Å². The topological polar surface area (TPSA) is 49.4 Å². The highest BCUT2D eigenvalue weighted by molar-refractivity contribution is 7.98. The number of carbonyl (C=O) groups excluding carboxylic acids is 2. The first-order valence-electron chi connectivity index (χ1n) is 10.9. The number of thioether (sulfide) groups is 1. The first-order valence-corrected chi connectivity index (χ1v) is 12.2. The molecule has 4 rings (SSSR count). The lowest BCUT2D eigenvalue weighted by atomic mass is 9.85. The number of carbonyl (C=O) groups is 2. The van der Waals surface area contributed by atoms with Crippen molar-refractivity contribution in [1.29, 1.82) is 0 Å². The second-order valence-electron chi connectivity index (χ2n) is 8.73. The number of rotatable bonds is 7. The fourth-order valence-electron chi connectivity index (χ4n) is 4.81. The van der Waals surface area contributed by atoms with Crippen LogP contribution in [-0.2, 0) is 16.0 Å². The van der Waals surface area contributed by atoms with Crippen molar-refractivity contribution >= 4 is 23.6 Å². The third kappa shape index (κ3) is 5.29. The van der Waals surface area contributed by atoms with Crippen molar-refractivity contribution in [3.8, 4) is 0 Å². The van der Waals surface area contributed by atoms with Crippen LogP contribution in [0, 0.1) is 5.82 Å². The molecule has 164 valence electrons. The fraction of sp³-hybridized carbons (Fsp3) is 0.440. The second kappa shape index (κ2) is 9.43. The highest BCUT2D eigenvalue weighted by atomic mass is 32.2.